The SMILES string of the molecule is CC(CCC(=O)OC(C(F)(F)F)C(F)(F)F)[C@H]1CC[C@H]2[C@@H]3CC[C@H]4C[C@@H](OC(=O)C(F)(F)F)CC[C@]4(C)[C@H]3CC[C@]12C. The summed E-state index contributed by atoms with van der Waals surface area (Å²) in [4.78, 5) is 23.4. The molecule has 0 aromatic carbocycles. The van der Waals surface area contributed by atoms with E-state index in [9.17, 15) is 49.1 Å². The van der Waals surface area contributed by atoms with Crippen LogP contribution < -0.4 is 0 Å². The second-order valence-electron chi connectivity index (χ2n) is 13.7. The zero-order chi connectivity index (χ0) is 31.5. The Labute approximate surface area is 239 Å². The fourth-order valence-corrected chi connectivity index (χ4v) is 9.58. The lowest BCUT2D eigenvalue weighted by Gasteiger charge is -2.61. The molecule has 0 saturated heterocycles. The maximum atomic E-state index is 12.8. The minimum atomic E-state index is -5.74. The minimum Gasteiger partial charge on any atom is -0.456 e. The molecule has 4 saturated carbocycles. The third kappa shape index (κ3) is 6.40. The highest BCUT2D eigenvalue weighted by molar-refractivity contribution is 5.75. The van der Waals surface area contributed by atoms with Gasteiger partial charge in [-0.25, -0.2) is 4.79 Å². The first-order valence-electron chi connectivity index (χ1n) is 14.8. The molecule has 0 aromatic heterocycles. The van der Waals surface area contributed by atoms with Crippen molar-refractivity contribution >= 4 is 11.9 Å². The Bertz CT molecular complexity index is 995. The second kappa shape index (κ2) is 11.3. The Hall–Kier alpha value is -1.69. The molecule has 0 amide bonds. The predicted octanol–water partition coefficient (Wildman–Crippen LogP) is 8.57. The highest BCUT2D eigenvalue weighted by Crippen LogP contribution is 2.68. The standard InChI is InChI=1S/C29H39F9O4/c1-15(4-9-22(39)42-23(27(30,31)32)28(33,34)35)19-7-8-20-18-6-5-16-14-17(41-24(40)29(36,37)38)10-12-25(16,2)21(18)11-13-26(19,20)3/h15-21,23H,4-14H2,1-3H3/t15?,16-,17-,18-,19+,20-,21-,25-,26+/m0/s1. The third-order valence-corrected chi connectivity index (χ3v) is 11.5. The molecule has 0 N–H and O–H groups in total. The normalized spacial score (nSPS) is 37.8. The molecule has 4 fully saturated rings. The molecule has 42 heavy (non-hydrogen) atoms. The Kier molecular flexibility index (Phi) is 8.97. The van der Waals surface area contributed by atoms with Gasteiger partial charge in [0.1, 0.15) is 6.10 Å². The van der Waals surface area contributed by atoms with Gasteiger partial charge in [-0.15, -0.1) is 0 Å². The summed E-state index contributed by atoms with van der Waals surface area (Å²) in [7, 11) is 0. The molecule has 4 rings (SSSR count). The van der Waals surface area contributed by atoms with E-state index in [1.807, 2.05) is 6.92 Å². The quantitative estimate of drug-likeness (QED) is 0.220. The number of esters is 2. The van der Waals surface area contributed by atoms with Gasteiger partial charge in [0.25, 0.3) is 6.10 Å². The number of ether oxygens (including phenoxy) is 2. The fraction of sp³-hybridized carbons (Fsp3) is 0.931. The zero-order valence-corrected chi connectivity index (χ0v) is 23.9. The van der Waals surface area contributed by atoms with Gasteiger partial charge in [-0.1, -0.05) is 20.8 Å². The van der Waals surface area contributed by atoms with Crippen molar-refractivity contribution in [3.8, 4) is 0 Å². The first-order valence-corrected chi connectivity index (χ1v) is 14.8. The van der Waals surface area contributed by atoms with Crippen molar-refractivity contribution in [3.63, 3.8) is 0 Å². The fourth-order valence-electron chi connectivity index (χ4n) is 9.58. The van der Waals surface area contributed by atoms with E-state index in [0.29, 0.717) is 37.0 Å². The van der Waals surface area contributed by atoms with Crippen LogP contribution in [0.4, 0.5) is 39.5 Å². The van der Waals surface area contributed by atoms with Crippen LogP contribution in [0.5, 0.6) is 0 Å². The third-order valence-electron chi connectivity index (χ3n) is 11.5. The molecule has 0 bridgehead atoms. The van der Waals surface area contributed by atoms with E-state index in [1.54, 1.807) is 0 Å². The van der Waals surface area contributed by atoms with Crippen LogP contribution in [0, 0.1) is 46.3 Å². The number of hydrogen-bond donors (Lipinski definition) is 0. The van der Waals surface area contributed by atoms with Crippen molar-refractivity contribution in [2.75, 3.05) is 0 Å². The molecule has 0 radical (unpaired) electrons. The highest BCUT2D eigenvalue weighted by atomic mass is 19.4. The molecule has 9 atom stereocenters. The Morgan fingerprint density at radius 1 is 0.810 bits per heavy atom. The average Bonchev–Trinajstić information content (AvgIpc) is 3.21. The van der Waals surface area contributed by atoms with Crippen molar-refractivity contribution in [3.05, 3.63) is 0 Å². The van der Waals surface area contributed by atoms with Crippen molar-refractivity contribution < 1.29 is 58.6 Å². The number of carbonyl (C=O) groups is 2. The monoisotopic (exact) mass is 622 g/mol. The highest BCUT2D eigenvalue weighted by Gasteiger charge is 2.62. The molecule has 0 aromatic rings. The van der Waals surface area contributed by atoms with Crippen molar-refractivity contribution in [2.45, 2.75) is 122 Å². The second-order valence-corrected chi connectivity index (χ2v) is 13.7. The first-order chi connectivity index (χ1) is 19.2. The van der Waals surface area contributed by atoms with Crippen LogP contribution in [0.1, 0.15) is 91.4 Å². The van der Waals surface area contributed by atoms with Crippen molar-refractivity contribution in [1.29, 1.82) is 0 Å². The Morgan fingerprint density at radius 3 is 2.00 bits per heavy atom. The Balaban J connectivity index is 1.36. The number of carbonyl (C=O) groups excluding carboxylic acids is 2. The molecule has 4 aliphatic rings. The van der Waals surface area contributed by atoms with Crippen LogP contribution in [0.25, 0.3) is 0 Å². The molecule has 4 aliphatic carbocycles. The largest absolute Gasteiger partial charge is 0.490 e. The van der Waals surface area contributed by atoms with Gasteiger partial charge in [-0.3, -0.25) is 4.79 Å². The summed E-state index contributed by atoms with van der Waals surface area (Å²) in [6.45, 7) is 6.32. The minimum absolute atomic E-state index is 0.0770. The van der Waals surface area contributed by atoms with Crippen LogP contribution in [-0.2, 0) is 19.1 Å². The lowest BCUT2D eigenvalue weighted by molar-refractivity contribution is -0.313. The molecule has 4 nitrogen and oxygen atoms in total. The summed E-state index contributed by atoms with van der Waals surface area (Å²) in [6, 6.07) is 0. The zero-order valence-electron chi connectivity index (χ0n) is 23.9. The number of alkyl halides is 9. The van der Waals surface area contributed by atoms with E-state index in [0.717, 1.165) is 38.5 Å². The van der Waals surface area contributed by atoms with E-state index in [-0.39, 0.29) is 35.0 Å². The van der Waals surface area contributed by atoms with E-state index in [2.05, 4.69) is 18.6 Å². The number of halogens is 9. The summed E-state index contributed by atoms with van der Waals surface area (Å²) in [6.07, 6.45) is -15.0. The van der Waals surface area contributed by atoms with Crippen LogP contribution in [0.2, 0.25) is 0 Å². The van der Waals surface area contributed by atoms with Gasteiger partial charge in [0.2, 0.25) is 0 Å². The van der Waals surface area contributed by atoms with Gasteiger partial charge in [0.05, 0.1) is 0 Å². The van der Waals surface area contributed by atoms with Gasteiger partial charge < -0.3 is 9.47 Å². The van der Waals surface area contributed by atoms with Gasteiger partial charge in [0.15, 0.2) is 0 Å². The van der Waals surface area contributed by atoms with E-state index in [4.69, 9.17) is 4.74 Å². The molecule has 242 valence electrons. The van der Waals surface area contributed by atoms with Gasteiger partial charge in [0, 0.05) is 6.42 Å². The first kappa shape index (κ1) is 33.2. The maximum Gasteiger partial charge on any atom is 0.490 e. The van der Waals surface area contributed by atoms with E-state index in [1.165, 1.54) is 0 Å². The van der Waals surface area contributed by atoms with Gasteiger partial charge >= 0.3 is 30.5 Å². The molecule has 0 heterocycles. The van der Waals surface area contributed by atoms with E-state index < -0.39 is 49.1 Å². The molecule has 13 heteroatoms. The number of fused-ring (bicyclic) bond motifs is 5. The van der Waals surface area contributed by atoms with Crippen LogP contribution in [0.15, 0.2) is 0 Å². The lowest BCUT2D eigenvalue weighted by atomic mass is 9.44. The van der Waals surface area contributed by atoms with Crippen LogP contribution in [-0.4, -0.2) is 42.7 Å². The maximum absolute atomic E-state index is 12.8. The summed E-state index contributed by atoms with van der Waals surface area (Å²) < 4.78 is 123. The van der Waals surface area contributed by atoms with Crippen molar-refractivity contribution in [2.24, 2.45) is 46.3 Å². The summed E-state index contributed by atoms with van der Waals surface area (Å²) in [5.74, 6) is -2.31. The van der Waals surface area contributed by atoms with Gasteiger partial charge in [-0.05, 0) is 111 Å². The molecule has 0 spiro atoms. The predicted molar refractivity (Wildman–Crippen MR) is 132 cm³/mol. The van der Waals surface area contributed by atoms with Gasteiger partial charge in [-0.2, -0.15) is 39.5 Å². The lowest BCUT2D eigenvalue weighted by Crippen LogP contribution is -2.54. The van der Waals surface area contributed by atoms with E-state index >= 15 is 0 Å². The topological polar surface area (TPSA) is 52.6 Å². The average molecular weight is 623 g/mol. The molecule has 0 aliphatic heterocycles. The smallest absolute Gasteiger partial charge is 0.456 e. The number of rotatable bonds is 6. The summed E-state index contributed by atoms with van der Waals surface area (Å²) in [5, 5.41) is 0. The van der Waals surface area contributed by atoms with Crippen molar-refractivity contribution in [1.82, 2.24) is 0 Å². The summed E-state index contributed by atoms with van der Waals surface area (Å²) >= 11 is 0. The van der Waals surface area contributed by atoms with Crippen LogP contribution in [0.3, 0.4) is 0 Å². The summed E-state index contributed by atoms with van der Waals surface area (Å²) in [5.41, 5.74) is -0.167. The Morgan fingerprint density at radius 2 is 1.40 bits per heavy atom. The molecular formula is C29H39F9O4. The van der Waals surface area contributed by atoms with Crippen LogP contribution >= 0.6 is 0 Å². The number of hydrogen-bond acceptors (Lipinski definition) is 4. The molecule has 1 unspecified atom stereocenters. The molecular weight excluding hydrogens is 583 g/mol.